The van der Waals surface area contributed by atoms with Crippen molar-refractivity contribution >= 4 is 17.3 Å². The van der Waals surface area contributed by atoms with Crippen LogP contribution in [0.5, 0.6) is 0 Å². The average molecular weight is 282 g/mol. The summed E-state index contributed by atoms with van der Waals surface area (Å²) < 4.78 is 0. The average Bonchev–Trinajstić information content (AvgIpc) is 2.71. The van der Waals surface area contributed by atoms with Gasteiger partial charge in [-0.15, -0.1) is 0 Å². The Balaban J connectivity index is 2.14. The molecule has 4 heteroatoms. The van der Waals surface area contributed by atoms with Crippen LogP contribution in [0.1, 0.15) is 29.8 Å². The van der Waals surface area contributed by atoms with E-state index in [1.807, 2.05) is 14.0 Å². The first-order valence-corrected chi connectivity index (χ1v) is 7.59. The van der Waals surface area contributed by atoms with Gasteiger partial charge in [-0.25, -0.2) is 9.97 Å². The number of rotatable bonds is 2. The summed E-state index contributed by atoms with van der Waals surface area (Å²) in [7, 11) is 1.91. The molecule has 0 radical (unpaired) electrons. The standard InChI is InChI=1S/C17H22N4/c1-12-16(18-3)19-13(2)20-17(12)21-11-7-6-9-14-8-4-5-10-15(14)21/h4-5,8,10H,6-7,9,11H2,1-3H3,(H,18,19,20). The van der Waals surface area contributed by atoms with Crippen molar-refractivity contribution in [2.24, 2.45) is 0 Å². The molecule has 4 nitrogen and oxygen atoms in total. The summed E-state index contributed by atoms with van der Waals surface area (Å²) in [5, 5.41) is 3.18. The molecular formula is C17H22N4. The topological polar surface area (TPSA) is 41.1 Å². The largest absolute Gasteiger partial charge is 0.373 e. The Morgan fingerprint density at radius 2 is 1.90 bits per heavy atom. The number of aryl methyl sites for hydroxylation is 2. The molecule has 0 saturated heterocycles. The van der Waals surface area contributed by atoms with Crippen molar-refractivity contribution in [3.05, 3.63) is 41.2 Å². The van der Waals surface area contributed by atoms with Gasteiger partial charge < -0.3 is 10.2 Å². The van der Waals surface area contributed by atoms with Gasteiger partial charge in [0.05, 0.1) is 0 Å². The van der Waals surface area contributed by atoms with Crippen molar-refractivity contribution < 1.29 is 0 Å². The van der Waals surface area contributed by atoms with Crippen molar-refractivity contribution in [2.45, 2.75) is 33.1 Å². The highest BCUT2D eigenvalue weighted by Gasteiger charge is 2.20. The van der Waals surface area contributed by atoms with Crippen LogP contribution in [0.2, 0.25) is 0 Å². The van der Waals surface area contributed by atoms with E-state index in [-0.39, 0.29) is 0 Å². The zero-order valence-electron chi connectivity index (χ0n) is 13.0. The predicted molar refractivity (Wildman–Crippen MR) is 87.4 cm³/mol. The number of nitrogens with one attached hydrogen (secondary N) is 1. The van der Waals surface area contributed by atoms with Crippen LogP contribution in [-0.2, 0) is 6.42 Å². The van der Waals surface area contributed by atoms with Crippen molar-refractivity contribution in [3.8, 4) is 0 Å². The van der Waals surface area contributed by atoms with E-state index in [9.17, 15) is 0 Å². The maximum Gasteiger partial charge on any atom is 0.141 e. The Morgan fingerprint density at radius 3 is 2.71 bits per heavy atom. The molecule has 0 spiro atoms. The molecule has 0 bridgehead atoms. The van der Waals surface area contributed by atoms with Crippen LogP contribution in [0.15, 0.2) is 24.3 Å². The molecule has 3 rings (SSSR count). The predicted octanol–water partition coefficient (Wildman–Crippen LogP) is 3.61. The summed E-state index contributed by atoms with van der Waals surface area (Å²) in [5.74, 6) is 2.75. The number of nitrogens with zero attached hydrogens (tertiary/aromatic N) is 3. The number of hydrogen-bond acceptors (Lipinski definition) is 4. The fraction of sp³-hybridized carbons (Fsp3) is 0.412. The third kappa shape index (κ3) is 2.58. The van der Waals surface area contributed by atoms with Crippen LogP contribution in [0, 0.1) is 13.8 Å². The summed E-state index contributed by atoms with van der Waals surface area (Å²) in [6.07, 6.45) is 3.57. The fourth-order valence-corrected chi connectivity index (χ4v) is 3.03. The molecule has 0 amide bonds. The van der Waals surface area contributed by atoms with Gasteiger partial charge in [-0.05, 0) is 44.7 Å². The quantitative estimate of drug-likeness (QED) is 0.913. The Labute approximate surface area is 126 Å². The summed E-state index contributed by atoms with van der Waals surface area (Å²) in [4.78, 5) is 11.6. The van der Waals surface area contributed by atoms with E-state index in [1.165, 1.54) is 24.1 Å². The zero-order chi connectivity index (χ0) is 14.8. The summed E-state index contributed by atoms with van der Waals surface area (Å²) in [6, 6.07) is 8.67. The molecule has 0 fully saturated rings. The molecule has 1 aliphatic rings. The number of para-hydroxylation sites is 1. The SMILES string of the molecule is CNc1nc(C)nc(N2CCCCc3ccccc32)c1C. The van der Waals surface area contributed by atoms with E-state index in [0.29, 0.717) is 0 Å². The molecule has 1 aromatic heterocycles. The van der Waals surface area contributed by atoms with Gasteiger partial charge in [0, 0.05) is 24.8 Å². The maximum atomic E-state index is 4.72. The third-order valence-electron chi connectivity index (χ3n) is 4.08. The van der Waals surface area contributed by atoms with Gasteiger partial charge in [0.1, 0.15) is 17.5 Å². The molecule has 110 valence electrons. The molecule has 0 atom stereocenters. The van der Waals surface area contributed by atoms with Crippen LogP contribution >= 0.6 is 0 Å². The first kappa shape index (κ1) is 13.9. The monoisotopic (exact) mass is 282 g/mol. The molecule has 1 aliphatic heterocycles. The smallest absolute Gasteiger partial charge is 0.141 e. The van der Waals surface area contributed by atoms with Gasteiger partial charge in [0.25, 0.3) is 0 Å². The van der Waals surface area contributed by atoms with E-state index < -0.39 is 0 Å². The van der Waals surface area contributed by atoms with Gasteiger partial charge in [-0.3, -0.25) is 0 Å². The minimum absolute atomic E-state index is 0.807. The van der Waals surface area contributed by atoms with Crippen LogP contribution in [0.4, 0.5) is 17.3 Å². The van der Waals surface area contributed by atoms with Gasteiger partial charge in [-0.1, -0.05) is 18.2 Å². The van der Waals surface area contributed by atoms with E-state index in [0.717, 1.165) is 36.0 Å². The molecule has 0 unspecified atom stereocenters. The molecule has 0 saturated carbocycles. The number of benzene rings is 1. The summed E-state index contributed by atoms with van der Waals surface area (Å²) in [5.41, 5.74) is 3.81. The third-order valence-corrected chi connectivity index (χ3v) is 4.08. The van der Waals surface area contributed by atoms with Crippen LogP contribution < -0.4 is 10.2 Å². The lowest BCUT2D eigenvalue weighted by Crippen LogP contribution is -2.21. The van der Waals surface area contributed by atoms with Crippen molar-refractivity contribution in [3.63, 3.8) is 0 Å². The first-order valence-electron chi connectivity index (χ1n) is 7.59. The second-order valence-corrected chi connectivity index (χ2v) is 5.56. The number of anilines is 3. The maximum absolute atomic E-state index is 4.72. The van der Waals surface area contributed by atoms with Crippen LogP contribution in [-0.4, -0.2) is 23.6 Å². The number of aromatic nitrogens is 2. The van der Waals surface area contributed by atoms with Crippen molar-refractivity contribution in [1.82, 2.24) is 9.97 Å². The van der Waals surface area contributed by atoms with E-state index in [4.69, 9.17) is 4.98 Å². The summed E-state index contributed by atoms with van der Waals surface area (Å²) >= 11 is 0. The normalized spacial score (nSPS) is 14.5. The fourth-order valence-electron chi connectivity index (χ4n) is 3.03. The van der Waals surface area contributed by atoms with Crippen molar-refractivity contribution in [1.29, 1.82) is 0 Å². The number of fused-ring (bicyclic) bond motifs is 1. The Bertz CT molecular complexity index is 651. The summed E-state index contributed by atoms with van der Waals surface area (Å²) in [6.45, 7) is 5.05. The molecule has 1 N–H and O–H groups in total. The molecule has 0 aliphatic carbocycles. The van der Waals surface area contributed by atoms with Gasteiger partial charge in [-0.2, -0.15) is 0 Å². The lowest BCUT2D eigenvalue weighted by atomic mass is 10.1. The van der Waals surface area contributed by atoms with Gasteiger partial charge in [0.2, 0.25) is 0 Å². The highest BCUT2D eigenvalue weighted by molar-refractivity contribution is 5.70. The minimum atomic E-state index is 0.807. The second kappa shape index (κ2) is 5.72. The Hall–Kier alpha value is -2.10. The first-order chi connectivity index (χ1) is 10.2. The van der Waals surface area contributed by atoms with Gasteiger partial charge in [0.15, 0.2) is 0 Å². The Morgan fingerprint density at radius 1 is 1.10 bits per heavy atom. The van der Waals surface area contributed by atoms with E-state index >= 15 is 0 Å². The highest BCUT2D eigenvalue weighted by atomic mass is 15.2. The Kier molecular flexibility index (Phi) is 3.78. The van der Waals surface area contributed by atoms with Crippen LogP contribution in [0.25, 0.3) is 0 Å². The number of hydrogen-bond donors (Lipinski definition) is 1. The minimum Gasteiger partial charge on any atom is -0.373 e. The van der Waals surface area contributed by atoms with E-state index in [2.05, 4.69) is 46.4 Å². The molecule has 2 aromatic rings. The van der Waals surface area contributed by atoms with Crippen molar-refractivity contribution in [2.75, 3.05) is 23.8 Å². The highest BCUT2D eigenvalue weighted by Crippen LogP contribution is 2.34. The molecule has 21 heavy (non-hydrogen) atoms. The molecular weight excluding hydrogens is 260 g/mol. The lowest BCUT2D eigenvalue weighted by molar-refractivity contribution is 0.755. The zero-order valence-corrected chi connectivity index (χ0v) is 13.0. The van der Waals surface area contributed by atoms with Gasteiger partial charge >= 0.3 is 0 Å². The second-order valence-electron chi connectivity index (χ2n) is 5.56. The van der Waals surface area contributed by atoms with Crippen LogP contribution in [0.3, 0.4) is 0 Å². The molecule has 1 aromatic carbocycles. The lowest BCUT2D eigenvalue weighted by Gasteiger charge is -2.26. The van der Waals surface area contributed by atoms with E-state index in [1.54, 1.807) is 0 Å². The molecule has 2 heterocycles.